The van der Waals surface area contributed by atoms with E-state index in [4.69, 9.17) is 0 Å². The van der Waals surface area contributed by atoms with Crippen LogP contribution in [0.5, 0.6) is 0 Å². The number of rotatable bonds is 3. The molecule has 0 aromatic heterocycles. The molecule has 0 aromatic carbocycles. The summed E-state index contributed by atoms with van der Waals surface area (Å²) in [7, 11) is 0. The zero-order valence-corrected chi connectivity index (χ0v) is 15.9. The molecule has 0 radical (unpaired) electrons. The molecule has 1 N–H and O–H groups in total. The predicted octanol–water partition coefficient (Wildman–Crippen LogP) is 3.86. The van der Waals surface area contributed by atoms with E-state index < -0.39 is 0 Å². The molecule has 4 nitrogen and oxygen atoms in total. The van der Waals surface area contributed by atoms with Crippen molar-refractivity contribution < 1.29 is 4.79 Å². The maximum atomic E-state index is 12.5. The second kappa shape index (κ2) is 8.07. The van der Waals surface area contributed by atoms with Crippen molar-refractivity contribution in [3.63, 3.8) is 0 Å². The lowest BCUT2D eigenvalue weighted by Crippen LogP contribution is -2.50. The largest absolute Gasteiger partial charge is 0.338 e. The third kappa shape index (κ3) is 4.44. The van der Waals surface area contributed by atoms with Crippen LogP contribution >= 0.6 is 0 Å². The van der Waals surface area contributed by atoms with Gasteiger partial charge in [0.1, 0.15) is 0 Å². The molecule has 1 atom stereocenters. The Balaban J connectivity index is 1.40. The van der Waals surface area contributed by atoms with Gasteiger partial charge < -0.3 is 15.1 Å². The monoisotopic (exact) mass is 335 g/mol. The van der Waals surface area contributed by atoms with Crippen LogP contribution < -0.4 is 5.32 Å². The van der Waals surface area contributed by atoms with Gasteiger partial charge in [0.2, 0.25) is 0 Å². The first-order valence-electron chi connectivity index (χ1n) is 10.3. The fourth-order valence-corrected chi connectivity index (χ4v) is 5.06. The van der Waals surface area contributed by atoms with Crippen LogP contribution in [0.2, 0.25) is 0 Å². The summed E-state index contributed by atoms with van der Waals surface area (Å²) >= 11 is 0. The number of likely N-dealkylation sites (tertiary alicyclic amines) is 2. The maximum absolute atomic E-state index is 12.5. The Hall–Kier alpha value is -0.770. The van der Waals surface area contributed by atoms with E-state index in [0.717, 1.165) is 26.2 Å². The van der Waals surface area contributed by atoms with E-state index in [1.807, 2.05) is 0 Å². The molecule has 0 bridgehead atoms. The molecule has 4 heteroatoms. The van der Waals surface area contributed by atoms with Crippen molar-refractivity contribution in [2.75, 3.05) is 32.7 Å². The van der Waals surface area contributed by atoms with Gasteiger partial charge in [0.15, 0.2) is 0 Å². The van der Waals surface area contributed by atoms with Gasteiger partial charge in [-0.3, -0.25) is 0 Å². The molecule has 0 aromatic rings. The SMILES string of the molecule is CC(C)N1CCCC(CNC(=O)N2CCC3(CCCCC3)CC2)C1. The summed E-state index contributed by atoms with van der Waals surface area (Å²) in [5, 5.41) is 3.23. The maximum Gasteiger partial charge on any atom is 0.317 e. The highest BCUT2D eigenvalue weighted by Crippen LogP contribution is 2.44. The molecular formula is C20H37N3O. The van der Waals surface area contributed by atoms with Crippen LogP contribution in [0, 0.1) is 11.3 Å². The van der Waals surface area contributed by atoms with E-state index in [-0.39, 0.29) is 6.03 Å². The number of carbonyl (C=O) groups excluding carboxylic acids is 1. The number of carbonyl (C=O) groups is 1. The smallest absolute Gasteiger partial charge is 0.317 e. The van der Waals surface area contributed by atoms with Crippen molar-refractivity contribution in [3.8, 4) is 0 Å². The number of nitrogens with zero attached hydrogens (tertiary/aromatic N) is 2. The van der Waals surface area contributed by atoms with Gasteiger partial charge in [0.25, 0.3) is 0 Å². The second-order valence-corrected chi connectivity index (χ2v) is 8.83. The topological polar surface area (TPSA) is 35.6 Å². The second-order valence-electron chi connectivity index (χ2n) is 8.83. The number of hydrogen-bond acceptors (Lipinski definition) is 2. The summed E-state index contributed by atoms with van der Waals surface area (Å²) in [6.45, 7) is 9.69. The number of urea groups is 1. The van der Waals surface area contributed by atoms with E-state index in [9.17, 15) is 4.79 Å². The summed E-state index contributed by atoms with van der Waals surface area (Å²) in [5.41, 5.74) is 0.580. The van der Waals surface area contributed by atoms with Gasteiger partial charge in [0.05, 0.1) is 0 Å². The minimum atomic E-state index is 0.183. The molecule has 3 rings (SSSR count). The molecule has 2 heterocycles. The Kier molecular flexibility index (Phi) is 6.07. The number of hydrogen-bond donors (Lipinski definition) is 1. The highest BCUT2D eigenvalue weighted by atomic mass is 16.2. The van der Waals surface area contributed by atoms with Crippen LogP contribution in [0.15, 0.2) is 0 Å². The fourth-order valence-electron chi connectivity index (χ4n) is 5.06. The molecule has 138 valence electrons. The molecular weight excluding hydrogens is 298 g/mol. The van der Waals surface area contributed by atoms with E-state index >= 15 is 0 Å². The van der Waals surface area contributed by atoms with Crippen LogP contribution in [-0.4, -0.2) is 54.6 Å². The van der Waals surface area contributed by atoms with Gasteiger partial charge >= 0.3 is 6.03 Å². The summed E-state index contributed by atoms with van der Waals surface area (Å²) in [6, 6.07) is 0.805. The van der Waals surface area contributed by atoms with Crippen LogP contribution in [0.4, 0.5) is 4.79 Å². The van der Waals surface area contributed by atoms with Crippen molar-refractivity contribution in [2.45, 2.75) is 77.7 Å². The molecule has 1 spiro atoms. The van der Waals surface area contributed by atoms with Gasteiger partial charge in [-0.25, -0.2) is 4.79 Å². The van der Waals surface area contributed by atoms with Gasteiger partial charge in [-0.2, -0.15) is 0 Å². The number of piperidine rings is 2. The minimum Gasteiger partial charge on any atom is -0.338 e. The van der Waals surface area contributed by atoms with Crippen LogP contribution in [0.1, 0.15) is 71.6 Å². The predicted molar refractivity (Wildman–Crippen MR) is 99.2 cm³/mol. The molecule has 3 aliphatic rings. The van der Waals surface area contributed by atoms with Crippen LogP contribution in [0.3, 0.4) is 0 Å². The third-order valence-electron chi connectivity index (χ3n) is 6.85. The molecule has 1 saturated carbocycles. The van der Waals surface area contributed by atoms with Gasteiger partial charge in [-0.15, -0.1) is 0 Å². The summed E-state index contributed by atoms with van der Waals surface area (Å²) < 4.78 is 0. The standard InChI is InChI=1S/C20H37N3O/c1-17(2)23-12-6-7-18(16-23)15-21-19(24)22-13-10-20(11-14-22)8-4-3-5-9-20/h17-18H,3-16H2,1-2H3,(H,21,24). The van der Waals surface area contributed by atoms with E-state index in [1.165, 1.54) is 64.3 Å². The van der Waals surface area contributed by atoms with E-state index in [0.29, 0.717) is 17.4 Å². The van der Waals surface area contributed by atoms with Gasteiger partial charge in [0, 0.05) is 32.2 Å². The normalized spacial score (nSPS) is 28.3. The Morgan fingerprint density at radius 1 is 1.04 bits per heavy atom. The number of nitrogens with one attached hydrogen (secondary N) is 1. The first kappa shape index (κ1) is 18.0. The zero-order chi connectivity index (χ0) is 17.0. The van der Waals surface area contributed by atoms with E-state index in [2.05, 4.69) is 29.0 Å². The van der Waals surface area contributed by atoms with Gasteiger partial charge in [-0.05, 0) is 70.3 Å². The molecule has 2 saturated heterocycles. The molecule has 1 aliphatic carbocycles. The molecule has 2 aliphatic heterocycles. The Morgan fingerprint density at radius 3 is 2.42 bits per heavy atom. The number of amides is 2. The summed E-state index contributed by atoms with van der Waals surface area (Å²) in [4.78, 5) is 17.2. The van der Waals surface area contributed by atoms with Crippen molar-refractivity contribution in [3.05, 3.63) is 0 Å². The van der Waals surface area contributed by atoms with Crippen molar-refractivity contribution in [1.29, 1.82) is 0 Å². The highest BCUT2D eigenvalue weighted by molar-refractivity contribution is 5.74. The van der Waals surface area contributed by atoms with Gasteiger partial charge in [-0.1, -0.05) is 19.3 Å². The Labute approximate surface area is 148 Å². The Morgan fingerprint density at radius 2 is 1.75 bits per heavy atom. The summed E-state index contributed by atoms with van der Waals surface area (Å²) in [5.74, 6) is 0.625. The lowest BCUT2D eigenvalue weighted by atomic mass is 9.68. The molecule has 2 amide bonds. The molecule has 1 unspecified atom stereocenters. The van der Waals surface area contributed by atoms with Crippen molar-refractivity contribution >= 4 is 6.03 Å². The average Bonchev–Trinajstić information content (AvgIpc) is 2.61. The van der Waals surface area contributed by atoms with E-state index in [1.54, 1.807) is 0 Å². The highest BCUT2D eigenvalue weighted by Gasteiger charge is 2.36. The van der Waals surface area contributed by atoms with Crippen LogP contribution in [-0.2, 0) is 0 Å². The van der Waals surface area contributed by atoms with Crippen LogP contribution in [0.25, 0.3) is 0 Å². The molecule has 3 fully saturated rings. The van der Waals surface area contributed by atoms with Crippen molar-refractivity contribution in [2.24, 2.45) is 11.3 Å². The lowest BCUT2D eigenvalue weighted by Gasteiger charge is -2.44. The quantitative estimate of drug-likeness (QED) is 0.850. The average molecular weight is 336 g/mol. The lowest BCUT2D eigenvalue weighted by molar-refractivity contribution is 0.0799. The first-order chi connectivity index (χ1) is 11.6. The Bertz CT molecular complexity index is 407. The zero-order valence-electron chi connectivity index (χ0n) is 15.9. The first-order valence-corrected chi connectivity index (χ1v) is 10.3. The third-order valence-corrected chi connectivity index (χ3v) is 6.85. The summed E-state index contributed by atoms with van der Waals surface area (Å²) in [6.07, 6.45) is 12.0. The molecule has 24 heavy (non-hydrogen) atoms. The minimum absolute atomic E-state index is 0.183. The van der Waals surface area contributed by atoms with Crippen molar-refractivity contribution in [1.82, 2.24) is 15.1 Å². The fraction of sp³-hybridized carbons (Fsp3) is 0.950.